The van der Waals surface area contributed by atoms with Crippen molar-refractivity contribution in [3.8, 4) is 0 Å². The van der Waals surface area contributed by atoms with Crippen LogP contribution in [0, 0.1) is 23.2 Å². The number of hydrogen-bond acceptors (Lipinski definition) is 3. The number of rotatable bonds is 13. The van der Waals surface area contributed by atoms with Crippen LogP contribution in [0.25, 0.3) is 0 Å². The number of hydrogen-bond donors (Lipinski definition) is 3. The maximum Gasteiger partial charge on any atom is 0.303 e. The summed E-state index contributed by atoms with van der Waals surface area (Å²) in [6, 6.07) is 0. The molecule has 3 N–H and O–H groups in total. The molecule has 5 atom stereocenters. The van der Waals surface area contributed by atoms with Crippen LogP contribution in [-0.4, -0.2) is 33.5 Å². The van der Waals surface area contributed by atoms with Gasteiger partial charge in [0.05, 0.1) is 12.2 Å². The zero-order chi connectivity index (χ0) is 22.0. The molecule has 0 amide bonds. The first-order valence-electron chi connectivity index (χ1n) is 12.3. The average Bonchev–Trinajstić information content (AvgIpc) is 3.35. The van der Waals surface area contributed by atoms with Crippen molar-refractivity contribution in [1.29, 1.82) is 0 Å². The van der Waals surface area contributed by atoms with E-state index in [1.165, 1.54) is 25.7 Å². The van der Waals surface area contributed by atoms with Crippen molar-refractivity contribution >= 4 is 5.97 Å². The van der Waals surface area contributed by atoms with E-state index in [9.17, 15) is 15.0 Å². The second-order valence-corrected chi connectivity index (χ2v) is 9.74. The number of aliphatic carboxylic acids is 1. The van der Waals surface area contributed by atoms with Crippen LogP contribution < -0.4 is 0 Å². The average molecular weight is 421 g/mol. The highest BCUT2D eigenvalue weighted by Gasteiger charge is 2.39. The molecule has 30 heavy (non-hydrogen) atoms. The van der Waals surface area contributed by atoms with E-state index in [4.69, 9.17) is 5.11 Å². The number of carbonyl (C=O) groups is 1. The third-order valence-electron chi connectivity index (χ3n) is 7.71. The molecule has 2 aliphatic rings. The summed E-state index contributed by atoms with van der Waals surface area (Å²) in [7, 11) is 0. The molecule has 4 heteroatoms. The summed E-state index contributed by atoms with van der Waals surface area (Å²) in [4.78, 5) is 10.8. The summed E-state index contributed by atoms with van der Waals surface area (Å²) < 4.78 is 0. The number of carboxylic acid groups (broad SMARTS) is 1. The van der Waals surface area contributed by atoms with Crippen molar-refractivity contribution in [3.63, 3.8) is 0 Å². The minimum Gasteiger partial charge on any atom is -0.481 e. The Morgan fingerprint density at radius 2 is 1.90 bits per heavy atom. The number of unbranched alkanes of at least 4 members (excludes halogenated alkanes) is 1. The van der Waals surface area contributed by atoms with Gasteiger partial charge in [-0.05, 0) is 74.5 Å². The van der Waals surface area contributed by atoms with Crippen molar-refractivity contribution in [2.75, 3.05) is 0 Å². The van der Waals surface area contributed by atoms with Gasteiger partial charge < -0.3 is 15.3 Å². The summed E-state index contributed by atoms with van der Waals surface area (Å²) in [5.74, 6) is 0.0481. The predicted octanol–water partition coefficient (Wildman–Crippen LogP) is 5.88. The molecule has 2 unspecified atom stereocenters. The molecule has 172 valence electrons. The van der Waals surface area contributed by atoms with Crippen molar-refractivity contribution in [2.45, 2.75) is 110 Å². The highest BCUT2D eigenvalue weighted by molar-refractivity contribution is 5.66. The van der Waals surface area contributed by atoms with E-state index in [1.54, 1.807) is 0 Å². The van der Waals surface area contributed by atoms with Gasteiger partial charge in [-0.15, -0.1) is 0 Å². The van der Waals surface area contributed by atoms with Gasteiger partial charge in [0.15, 0.2) is 0 Å². The second-order valence-electron chi connectivity index (χ2n) is 9.74. The van der Waals surface area contributed by atoms with Crippen LogP contribution in [0.4, 0.5) is 0 Å². The van der Waals surface area contributed by atoms with E-state index < -0.39 is 5.97 Å². The first-order valence-corrected chi connectivity index (χ1v) is 12.3. The van der Waals surface area contributed by atoms with Crippen LogP contribution in [0.15, 0.2) is 24.3 Å². The van der Waals surface area contributed by atoms with E-state index in [0.717, 1.165) is 44.9 Å². The van der Waals surface area contributed by atoms with Crippen molar-refractivity contribution in [1.82, 2.24) is 0 Å². The standard InChI is InChI=1S/C26H44O4/c1-3-5-17-26(18-6-7-19-26)24(28)15-13-21-12-14-23(27)22(21)10-8-9-20(4-2)11-16-25(29)30/h8-9,13,15,20-24,27-28H,3-7,10-12,14,16-19H2,1-2H3,(H,29,30)/t20?,21-,22-,23+,24?/m1/s1. The summed E-state index contributed by atoms with van der Waals surface area (Å²) >= 11 is 0. The Kier molecular flexibility index (Phi) is 10.6. The van der Waals surface area contributed by atoms with Crippen molar-refractivity contribution < 1.29 is 20.1 Å². The molecule has 4 nitrogen and oxygen atoms in total. The zero-order valence-corrected chi connectivity index (χ0v) is 19.1. The summed E-state index contributed by atoms with van der Waals surface area (Å²) in [6.07, 6.45) is 20.5. The number of carboxylic acids is 1. The van der Waals surface area contributed by atoms with Crippen LogP contribution in [0.2, 0.25) is 0 Å². The van der Waals surface area contributed by atoms with E-state index in [2.05, 4.69) is 32.1 Å². The van der Waals surface area contributed by atoms with Gasteiger partial charge >= 0.3 is 5.97 Å². The van der Waals surface area contributed by atoms with Crippen LogP contribution in [0.5, 0.6) is 0 Å². The molecule has 2 rings (SSSR count). The van der Waals surface area contributed by atoms with E-state index in [0.29, 0.717) is 12.3 Å². The quantitative estimate of drug-likeness (QED) is 0.325. The van der Waals surface area contributed by atoms with Gasteiger partial charge in [-0.2, -0.15) is 0 Å². The SMILES string of the molecule is CCCCC1(C(O)C=C[C@H]2CC[C@H](O)[C@@H]2CC=CC(CC)CCC(=O)O)CCCC1. The molecule has 0 aromatic heterocycles. The Hall–Kier alpha value is -1.13. The Bertz CT molecular complexity index is 561. The Morgan fingerprint density at radius 1 is 1.17 bits per heavy atom. The van der Waals surface area contributed by atoms with Crippen molar-refractivity contribution in [2.24, 2.45) is 23.2 Å². The van der Waals surface area contributed by atoms with E-state index in [-0.39, 0.29) is 35.9 Å². The fourth-order valence-corrected chi connectivity index (χ4v) is 5.57. The van der Waals surface area contributed by atoms with Crippen LogP contribution in [-0.2, 0) is 4.79 Å². The molecular formula is C26H44O4. The normalized spacial score (nSPS) is 28.5. The number of aliphatic hydroxyl groups is 2. The largest absolute Gasteiger partial charge is 0.481 e. The molecule has 0 aromatic rings. The maximum atomic E-state index is 11.0. The molecule has 0 bridgehead atoms. The first-order chi connectivity index (χ1) is 14.4. The molecule has 2 saturated carbocycles. The second kappa shape index (κ2) is 12.7. The van der Waals surface area contributed by atoms with Gasteiger partial charge in [-0.1, -0.05) is 63.8 Å². The molecule has 0 heterocycles. The summed E-state index contributed by atoms with van der Waals surface area (Å²) in [6.45, 7) is 4.30. The summed E-state index contributed by atoms with van der Waals surface area (Å²) in [5.41, 5.74) is 0.0671. The zero-order valence-electron chi connectivity index (χ0n) is 19.1. The Labute approximate surface area is 183 Å². The van der Waals surface area contributed by atoms with Crippen LogP contribution in [0.1, 0.15) is 97.3 Å². The molecule has 0 aliphatic heterocycles. The Morgan fingerprint density at radius 3 is 2.53 bits per heavy atom. The molecule has 2 aliphatic carbocycles. The van der Waals surface area contributed by atoms with Gasteiger partial charge in [0, 0.05) is 6.42 Å². The van der Waals surface area contributed by atoms with Crippen LogP contribution >= 0.6 is 0 Å². The topological polar surface area (TPSA) is 77.8 Å². The van der Waals surface area contributed by atoms with Gasteiger partial charge in [-0.3, -0.25) is 4.79 Å². The fraction of sp³-hybridized carbons (Fsp3) is 0.808. The highest BCUT2D eigenvalue weighted by Crippen LogP contribution is 2.46. The number of allylic oxidation sites excluding steroid dienone is 3. The lowest BCUT2D eigenvalue weighted by Crippen LogP contribution is -2.31. The van der Waals surface area contributed by atoms with Gasteiger partial charge in [-0.25, -0.2) is 0 Å². The van der Waals surface area contributed by atoms with Gasteiger partial charge in [0.2, 0.25) is 0 Å². The molecule has 0 aromatic carbocycles. The smallest absolute Gasteiger partial charge is 0.303 e. The van der Waals surface area contributed by atoms with Crippen LogP contribution in [0.3, 0.4) is 0 Å². The molecule has 0 saturated heterocycles. The minimum absolute atomic E-state index is 0.0671. The van der Waals surface area contributed by atoms with Crippen molar-refractivity contribution in [3.05, 3.63) is 24.3 Å². The minimum atomic E-state index is -0.740. The number of aliphatic hydroxyl groups excluding tert-OH is 2. The third-order valence-corrected chi connectivity index (χ3v) is 7.71. The Balaban J connectivity index is 1.94. The maximum absolute atomic E-state index is 11.0. The lowest BCUT2D eigenvalue weighted by molar-refractivity contribution is -0.137. The third kappa shape index (κ3) is 7.23. The molecule has 0 radical (unpaired) electrons. The lowest BCUT2D eigenvalue weighted by Gasteiger charge is -2.33. The first kappa shape index (κ1) is 25.1. The summed E-state index contributed by atoms with van der Waals surface area (Å²) in [5, 5.41) is 30.4. The highest BCUT2D eigenvalue weighted by atomic mass is 16.4. The van der Waals surface area contributed by atoms with E-state index >= 15 is 0 Å². The molecule has 0 spiro atoms. The lowest BCUT2D eigenvalue weighted by atomic mass is 9.75. The predicted molar refractivity (Wildman–Crippen MR) is 122 cm³/mol. The fourth-order valence-electron chi connectivity index (χ4n) is 5.57. The monoisotopic (exact) mass is 420 g/mol. The molecule has 2 fully saturated rings. The molecular weight excluding hydrogens is 376 g/mol. The van der Waals surface area contributed by atoms with Gasteiger partial charge in [0.25, 0.3) is 0 Å². The van der Waals surface area contributed by atoms with Gasteiger partial charge in [0.1, 0.15) is 0 Å². The van der Waals surface area contributed by atoms with E-state index in [1.807, 2.05) is 6.08 Å².